The lowest BCUT2D eigenvalue weighted by Crippen LogP contribution is -2.22. The third kappa shape index (κ3) is 3.73. The second-order valence-electron chi connectivity index (χ2n) is 5.02. The van der Waals surface area contributed by atoms with Crippen molar-refractivity contribution in [3.63, 3.8) is 0 Å². The van der Waals surface area contributed by atoms with Crippen molar-refractivity contribution in [2.75, 3.05) is 0 Å². The van der Waals surface area contributed by atoms with Gasteiger partial charge in [0.05, 0.1) is 0 Å². The number of rotatable bonds is 4. The lowest BCUT2D eigenvalue weighted by molar-refractivity contribution is 0.0924. The molecule has 0 spiro atoms. The Labute approximate surface area is 138 Å². The fourth-order valence-corrected chi connectivity index (χ4v) is 2.27. The molecule has 0 unspecified atom stereocenters. The first-order valence-corrected chi connectivity index (χ1v) is 7.41. The zero-order chi connectivity index (χ0) is 16.2. The molecular weight excluding hydrogens is 314 g/mol. The maximum absolute atomic E-state index is 12.1. The molecule has 116 valence electrons. The molecule has 0 aliphatic rings. The molecule has 23 heavy (non-hydrogen) atoms. The summed E-state index contributed by atoms with van der Waals surface area (Å²) in [6.07, 6.45) is 0. The fraction of sp³-hybridized carbons (Fsp3) is 0.0556. The van der Waals surface area contributed by atoms with Gasteiger partial charge in [-0.05, 0) is 42.0 Å². The minimum absolute atomic E-state index is 0.146. The Morgan fingerprint density at radius 3 is 2.61 bits per heavy atom. The number of carbonyl (C=O) groups is 1. The number of furan rings is 1. The van der Waals surface area contributed by atoms with E-state index in [9.17, 15) is 9.90 Å². The van der Waals surface area contributed by atoms with Crippen LogP contribution in [0.15, 0.2) is 65.1 Å². The van der Waals surface area contributed by atoms with Gasteiger partial charge in [0.2, 0.25) is 0 Å². The van der Waals surface area contributed by atoms with Gasteiger partial charge in [0, 0.05) is 17.1 Å². The van der Waals surface area contributed by atoms with Crippen LogP contribution in [0.1, 0.15) is 16.1 Å². The normalized spacial score (nSPS) is 10.5. The maximum Gasteiger partial charge on any atom is 0.287 e. The maximum atomic E-state index is 12.1. The van der Waals surface area contributed by atoms with Crippen LogP contribution >= 0.6 is 11.6 Å². The predicted octanol–water partition coefficient (Wildman–Crippen LogP) is 4.24. The number of carbonyl (C=O) groups excluding carboxylic acids is 1. The van der Waals surface area contributed by atoms with Gasteiger partial charge in [-0.15, -0.1) is 0 Å². The molecule has 4 nitrogen and oxygen atoms in total. The van der Waals surface area contributed by atoms with E-state index in [1.54, 1.807) is 48.5 Å². The standard InChI is InChI=1S/C18H14ClNO3/c19-14-6-4-12(5-7-14)11-20-18(22)17-9-8-16(23-17)13-2-1-3-15(21)10-13/h1-10,21H,11H2,(H,20,22). The summed E-state index contributed by atoms with van der Waals surface area (Å²) in [6.45, 7) is 0.387. The molecule has 2 aromatic carbocycles. The number of benzene rings is 2. The van der Waals surface area contributed by atoms with Crippen molar-refractivity contribution >= 4 is 17.5 Å². The molecule has 3 aromatic rings. The van der Waals surface area contributed by atoms with Gasteiger partial charge in [0.25, 0.3) is 5.91 Å². The zero-order valence-electron chi connectivity index (χ0n) is 12.1. The minimum atomic E-state index is -0.300. The summed E-state index contributed by atoms with van der Waals surface area (Å²) < 4.78 is 5.55. The van der Waals surface area contributed by atoms with Crippen LogP contribution in [0, 0.1) is 0 Å². The number of hydrogen-bond donors (Lipinski definition) is 2. The van der Waals surface area contributed by atoms with Gasteiger partial charge in [0.15, 0.2) is 5.76 Å². The number of halogens is 1. The average molecular weight is 328 g/mol. The van der Waals surface area contributed by atoms with Crippen LogP contribution in [0.4, 0.5) is 0 Å². The molecule has 0 fully saturated rings. The molecule has 1 heterocycles. The van der Waals surface area contributed by atoms with Gasteiger partial charge in [-0.25, -0.2) is 0 Å². The number of nitrogens with one attached hydrogen (secondary N) is 1. The third-order valence-electron chi connectivity index (χ3n) is 3.33. The Hall–Kier alpha value is -2.72. The van der Waals surface area contributed by atoms with Crippen molar-refractivity contribution in [3.05, 3.63) is 77.0 Å². The number of phenolic OH excluding ortho intramolecular Hbond substituents is 1. The lowest BCUT2D eigenvalue weighted by Gasteiger charge is -2.03. The van der Waals surface area contributed by atoms with Crippen LogP contribution < -0.4 is 5.32 Å². The minimum Gasteiger partial charge on any atom is -0.508 e. The van der Waals surface area contributed by atoms with E-state index >= 15 is 0 Å². The van der Waals surface area contributed by atoms with E-state index in [1.165, 1.54) is 0 Å². The van der Waals surface area contributed by atoms with Gasteiger partial charge >= 0.3 is 0 Å². The topological polar surface area (TPSA) is 62.5 Å². The number of amides is 1. The average Bonchev–Trinajstić information content (AvgIpc) is 3.04. The van der Waals surface area contributed by atoms with E-state index in [1.807, 2.05) is 12.1 Å². The van der Waals surface area contributed by atoms with Crippen LogP contribution in [-0.4, -0.2) is 11.0 Å². The Morgan fingerprint density at radius 1 is 1.09 bits per heavy atom. The van der Waals surface area contributed by atoms with Gasteiger partial charge in [0.1, 0.15) is 11.5 Å². The molecule has 0 bridgehead atoms. The fourth-order valence-electron chi connectivity index (χ4n) is 2.15. The highest BCUT2D eigenvalue weighted by molar-refractivity contribution is 6.30. The van der Waals surface area contributed by atoms with E-state index in [4.69, 9.17) is 16.0 Å². The first-order chi connectivity index (χ1) is 11.1. The van der Waals surface area contributed by atoms with Crippen LogP contribution in [-0.2, 0) is 6.54 Å². The molecule has 0 radical (unpaired) electrons. The first kappa shape index (κ1) is 15.2. The summed E-state index contributed by atoms with van der Waals surface area (Å²) >= 11 is 5.82. The molecular formula is C18H14ClNO3. The predicted molar refractivity (Wildman–Crippen MR) is 88.4 cm³/mol. The Balaban J connectivity index is 1.67. The Bertz CT molecular complexity index is 824. The molecule has 1 aromatic heterocycles. The summed E-state index contributed by atoms with van der Waals surface area (Å²) in [6, 6.07) is 17.2. The highest BCUT2D eigenvalue weighted by Crippen LogP contribution is 2.25. The van der Waals surface area contributed by atoms with Crippen molar-refractivity contribution in [2.45, 2.75) is 6.54 Å². The molecule has 0 atom stereocenters. The number of hydrogen-bond acceptors (Lipinski definition) is 3. The van der Waals surface area contributed by atoms with E-state index in [2.05, 4.69) is 5.32 Å². The van der Waals surface area contributed by atoms with E-state index in [-0.39, 0.29) is 17.4 Å². The second kappa shape index (κ2) is 6.58. The van der Waals surface area contributed by atoms with Crippen molar-refractivity contribution in [2.24, 2.45) is 0 Å². The summed E-state index contributed by atoms with van der Waals surface area (Å²) in [5, 5.41) is 12.9. The number of aromatic hydroxyl groups is 1. The van der Waals surface area contributed by atoms with Crippen molar-refractivity contribution in [1.29, 1.82) is 0 Å². The van der Waals surface area contributed by atoms with Crippen LogP contribution in [0.5, 0.6) is 5.75 Å². The third-order valence-corrected chi connectivity index (χ3v) is 3.58. The van der Waals surface area contributed by atoms with E-state index < -0.39 is 0 Å². The second-order valence-corrected chi connectivity index (χ2v) is 5.46. The summed E-state index contributed by atoms with van der Waals surface area (Å²) in [5.41, 5.74) is 1.66. The summed E-state index contributed by atoms with van der Waals surface area (Å²) in [7, 11) is 0. The van der Waals surface area contributed by atoms with Crippen molar-refractivity contribution < 1.29 is 14.3 Å². The molecule has 0 saturated carbocycles. The molecule has 0 aliphatic carbocycles. The molecule has 2 N–H and O–H groups in total. The van der Waals surface area contributed by atoms with Gasteiger partial charge in [-0.2, -0.15) is 0 Å². The Morgan fingerprint density at radius 2 is 1.87 bits per heavy atom. The summed E-state index contributed by atoms with van der Waals surface area (Å²) in [4.78, 5) is 12.1. The monoisotopic (exact) mass is 327 g/mol. The molecule has 5 heteroatoms. The zero-order valence-corrected chi connectivity index (χ0v) is 12.9. The molecule has 1 amide bonds. The molecule has 0 saturated heterocycles. The summed E-state index contributed by atoms with van der Waals surface area (Å²) in [5.74, 6) is 0.592. The van der Waals surface area contributed by atoms with Gasteiger partial charge in [-0.3, -0.25) is 4.79 Å². The lowest BCUT2D eigenvalue weighted by atomic mass is 10.2. The largest absolute Gasteiger partial charge is 0.508 e. The van der Waals surface area contributed by atoms with E-state index in [0.717, 1.165) is 5.56 Å². The Kier molecular flexibility index (Phi) is 4.35. The first-order valence-electron chi connectivity index (χ1n) is 7.04. The highest BCUT2D eigenvalue weighted by Gasteiger charge is 2.12. The van der Waals surface area contributed by atoms with Crippen LogP contribution in [0.3, 0.4) is 0 Å². The van der Waals surface area contributed by atoms with Crippen LogP contribution in [0.2, 0.25) is 5.02 Å². The van der Waals surface area contributed by atoms with Gasteiger partial charge < -0.3 is 14.8 Å². The molecule has 0 aliphatic heterocycles. The molecule has 3 rings (SSSR count). The van der Waals surface area contributed by atoms with Crippen molar-refractivity contribution in [1.82, 2.24) is 5.32 Å². The van der Waals surface area contributed by atoms with E-state index in [0.29, 0.717) is 22.9 Å². The highest BCUT2D eigenvalue weighted by atomic mass is 35.5. The van der Waals surface area contributed by atoms with Gasteiger partial charge in [-0.1, -0.05) is 35.9 Å². The smallest absolute Gasteiger partial charge is 0.287 e. The van der Waals surface area contributed by atoms with Crippen LogP contribution in [0.25, 0.3) is 11.3 Å². The quantitative estimate of drug-likeness (QED) is 0.753. The van der Waals surface area contributed by atoms with Crippen molar-refractivity contribution in [3.8, 4) is 17.1 Å². The number of phenols is 1. The SMILES string of the molecule is O=C(NCc1ccc(Cl)cc1)c1ccc(-c2cccc(O)c2)o1.